The molecule has 0 unspecified atom stereocenters. The number of thiophene rings is 1. The number of fused-ring (bicyclic) bond motifs is 8. The fourth-order valence-corrected chi connectivity index (χ4v) is 8.21. The van der Waals surface area contributed by atoms with Crippen LogP contribution in [-0.2, 0) is 0 Å². The summed E-state index contributed by atoms with van der Waals surface area (Å²) in [6.45, 7) is 0. The van der Waals surface area contributed by atoms with Gasteiger partial charge >= 0.3 is 0 Å². The van der Waals surface area contributed by atoms with E-state index < -0.39 is 0 Å². The molecule has 2 heterocycles. The van der Waals surface area contributed by atoms with Crippen molar-refractivity contribution in [1.29, 1.82) is 0 Å². The van der Waals surface area contributed by atoms with Crippen molar-refractivity contribution in [2.24, 2.45) is 0 Å². The van der Waals surface area contributed by atoms with E-state index in [1.807, 2.05) is 17.4 Å². The van der Waals surface area contributed by atoms with E-state index in [-0.39, 0.29) is 0 Å². The van der Waals surface area contributed by atoms with Crippen LogP contribution in [0.4, 0.5) is 0 Å². The number of aromatic nitrogens is 3. The highest BCUT2D eigenvalue weighted by atomic mass is 32.1. The van der Waals surface area contributed by atoms with Crippen molar-refractivity contribution in [3.63, 3.8) is 0 Å². The molecule has 10 rings (SSSR count). The van der Waals surface area contributed by atoms with Crippen LogP contribution in [0, 0.1) is 0 Å². The van der Waals surface area contributed by atoms with Crippen molar-refractivity contribution in [3.05, 3.63) is 164 Å². The molecule has 0 aliphatic carbocycles. The lowest BCUT2D eigenvalue weighted by Gasteiger charge is -2.13. The first-order valence-electron chi connectivity index (χ1n) is 16.4. The van der Waals surface area contributed by atoms with Gasteiger partial charge in [-0.3, -0.25) is 0 Å². The summed E-state index contributed by atoms with van der Waals surface area (Å²) in [6.07, 6.45) is 0. The molecule has 0 atom stereocenters. The molecule has 0 fully saturated rings. The van der Waals surface area contributed by atoms with E-state index in [0.29, 0.717) is 17.5 Å². The van der Waals surface area contributed by atoms with E-state index in [1.165, 1.54) is 52.5 Å². The Morgan fingerprint density at radius 1 is 0.306 bits per heavy atom. The molecular formula is C45H27N3S. The Kier molecular flexibility index (Phi) is 6.36. The molecule has 8 aromatic carbocycles. The van der Waals surface area contributed by atoms with Crippen LogP contribution in [0.2, 0.25) is 0 Å². The van der Waals surface area contributed by atoms with Crippen LogP contribution in [0.3, 0.4) is 0 Å². The summed E-state index contributed by atoms with van der Waals surface area (Å²) >= 11 is 1.81. The molecule has 228 valence electrons. The average Bonchev–Trinajstić information content (AvgIpc) is 3.55. The number of benzene rings is 8. The summed E-state index contributed by atoms with van der Waals surface area (Å²) < 4.78 is 2.53. The minimum absolute atomic E-state index is 0.651. The highest BCUT2D eigenvalue weighted by Crippen LogP contribution is 2.38. The molecular weight excluding hydrogens is 615 g/mol. The van der Waals surface area contributed by atoms with Gasteiger partial charge in [0.2, 0.25) is 0 Å². The Morgan fingerprint density at radius 2 is 0.857 bits per heavy atom. The van der Waals surface area contributed by atoms with Gasteiger partial charge in [-0.25, -0.2) is 15.0 Å². The van der Waals surface area contributed by atoms with Crippen molar-refractivity contribution < 1.29 is 0 Å². The van der Waals surface area contributed by atoms with Crippen LogP contribution in [0.15, 0.2) is 164 Å². The zero-order valence-electron chi connectivity index (χ0n) is 26.3. The normalized spacial score (nSPS) is 11.7. The molecule has 10 aromatic rings. The largest absolute Gasteiger partial charge is 0.208 e. The van der Waals surface area contributed by atoms with Gasteiger partial charge in [0.05, 0.1) is 0 Å². The van der Waals surface area contributed by atoms with Gasteiger partial charge < -0.3 is 0 Å². The highest BCUT2D eigenvalue weighted by Gasteiger charge is 2.17. The average molecular weight is 642 g/mol. The minimum Gasteiger partial charge on any atom is -0.208 e. The summed E-state index contributed by atoms with van der Waals surface area (Å²) in [7, 11) is 0. The molecule has 0 amide bonds. The molecule has 0 radical (unpaired) electrons. The summed E-state index contributed by atoms with van der Waals surface area (Å²) in [6, 6.07) is 58.1. The van der Waals surface area contributed by atoms with Crippen molar-refractivity contribution in [2.45, 2.75) is 0 Å². The maximum Gasteiger partial charge on any atom is 0.164 e. The van der Waals surface area contributed by atoms with E-state index in [1.54, 1.807) is 0 Å². The Hall–Kier alpha value is -6.23. The van der Waals surface area contributed by atoms with Crippen LogP contribution >= 0.6 is 11.3 Å². The number of hydrogen-bond donors (Lipinski definition) is 0. The summed E-state index contributed by atoms with van der Waals surface area (Å²) in [4.78, 5) is 15.6. The van der Waals surface area contributed by atoms with Gasteiger partial charge in [-0.15, -0.1) is 11.3 Å². The Labute approximate surface area is 286 Å². The first kappa shape index (κ1) is 27.8. The highest BCUT2D eigenvalue weighted by molar-refractivity contribution is 7.25. The predicted molar refractivity (Wildman–Crippen MR) is 207 cm³/mol. The lowest BCUT2D eigenvalue weighted by Crippen LogP contribution is -2.01. The number of rotatable bonds is 4. The molecule has 0 spiro atoms. The molecule has 0 bridgehead atoms. The summed E-state index contributed by atoms with van der Waals surface area (Å²) in [5.74, 6) is 1.96. The quantitative estimate of drug-likeness (QED) is 0.180. The second kappa shape index (κ2) is 11.2. The maximum absolute atomic E-state index is 5.20. The smallest absolute Gasteiger partial charge is 0.164 e. The molecule has 49 heavy (non-hydrogen) atoms. The SMILES string of the molecule is c1ccc(-c2ccccc2-c2nc(-c3ccc4ccc5c6ccccc6ccc5c4c3)nc(-c3ccc4sc5ccccc5c4c3)n2)cc1. The van der Waals surface area contributed by atoms with Crippen molar-refractivity contribution in [2.75, 3.05) is 0 Å². The zero-order chi connectivity index (χ0) is 32.3. The second-order valence-electron chi connectivity index (χ2n) is 12.4. The molecule has 0 saturated heterocycles. The van der Waals surface area contributed by atoms with Crippen molar-refractivity contribution in [3.8, 4) is 45.3 Å². The Balaban J connectivity index is 1.21. The monoisotopic (exact) mass is 641 g/mol. The van der Waals surface area contributed by atoms with Gasteiger partial charge in [0.15, 0.2) is 17.5 Å². The van der Waals surface area contributed by atoms with E-state index in [9.17, 15) is 0 Å². The van der Waals surface area contributed by atoms with E-state index in [0.717, 1.165) is 27.8 Å². The molecule has 4 heteroatoms. The molecule has 0 aliphatic heterocycles. The van der Waals surface area contributed by atoms with E-state index in [2.05, 4.69) is 158 Å². The fraction of sp³-hybridized carbons (Fsp3) is 0. The summed E-state index contributed by atoms with van der Waals surface area (Å²) in [5.41, 5.74) is 5.10. The Bertz CT molecular complexity index is 2890. The molecule has 0 N–H and O–H groups in total. The standard InChI is InChI=1S/C45H27N3S/c1-2-10-28(11-3-1)34-14-6-7-16-38(34)45-47-43(46-44(48-45)32-22-25-42-40(27-32)37-15-8-9-17-41(37)49-42)31-19-18-30-21-23-35-33-13-5-4-12-29(33)20-24-36(35)39(30)26-31/h1-27H. The lowest BCUT2D eigenvalue weighted by molar-refractivity contribution is 1.08. The second-order valence-corrected chi connectivity index (χ2v) is 13.5. The van der Waals surface area contributed by atoms with E-state index >= 15 is 0 Å². The molecule has 0 aliphatic rings. The van der Waals surface area contributed by atoms with Crippen LogP contribution in [0.1, 0.15) is 0 Å². The van der Waals surface area contributed by atoms with Gasteiger partial charge in [-0.2, -0.15) is 0 Å². The lowest BCUT2D eigenvalue weighted by atomic mass is 9.96. The maximum atomic E-state index is 5.20. The van der Waals surface area contributed by atoms with Crippen molar-refractivity contribution >= 4 is 63.8 Å². The number of hydrogen-bond acceptors (Lipinski definition) is 4. The minimum atomic E-state index is 0.651. The van der Waals surface area contributed by atoms with Gasteiger partial charge in [0.25, 0.3) is 0 Å². The van der Waals surface area contributed by atoms with Gasteiger partial charge in [0, 0.05) is 36.9 Å². The third-order valence-corrected chi connectivity index (χ3v) is 10.7. The zero-order valence-corrected chi connectivity index (χ0v) is 27.2. The molecule has 2 aromatic heterocycles. The third-order valence-electron chi connectivity index (χ3n) is 9.52. The topological polar surface area (TPSA) is 38.7 Å². The first-order valence-corrected chi connectivity index (χ1v) is 17.3. The van der Waals surface area contributed by atoms with Crippen LogP contribution in [-0.4, -0.2) is 15.0 Å². The van der Waals surface area contributed by atoms with Crippen molar-refractivity contribution in [1.82, 2.24) is 15.0 Å². The van der Waals surface area contributed by atoms with Gasteiger partial charge in [-0.1, -0.05) is 133 Å². The van der Waals surface area contributed by atoms with Crippen LogP contribution in [0.5, 0.6) is 0 Å². The van der Waals surface area contributed by atoms with Crippen LogP contribution in [0.25, 0.3) is 97.8 Å². The number of nitrogens with zero attached hydrogens (tertiary/aromatic N) is 3. The van der Waals surface area contributed by atoms with Gasteiger partial charge in [0.1, 0.15) is 0 Å². The van der Waals surface area contributed by atoms with Crippen LogP contribution < -0.4 is 0 Å². The molecule has 3 nitrogen and oxygen atoms in total. The fourth-order valence-electron chi connectivity index (χ4n) is 7.12. The first-order chi connectivity index (χ1) is 24.3. The third kappa shape index (κ3) is 4.68. The predicted octanol–water partition coefficient (Wildman–Crippen LogP) is 12.4. The van der Waals surface area contributed by atoms with E-state index in [4.69, 9.17) is 15.0 Å². The van der Waals surface area contributed by atoms with Gasteiger partial charge in [-0.05, 0) is 73.8 Å². The summed E-state index contributed by atoms with van der Waals surface area (Å²) in [5, 5.41) is 9.79. The Morgan fingerprint density at radius 3 is 1.67 bits per heavy atom. The molecule has 0 saturated carbocycles.